The molecule has 5 heteroatoms. The van der Waals surface area contributed by atoms with E-state index in [1.54, 1.807) is 30.5 Å². The van der Waals surface area contributed by atoms with E-state index in [1.807, 2.05) is 0 Å². The van der Waals surface area contributed by atoms with Crippen molar-refractivity contribution in [2.75, 3.05) is 0 Å². The summed E-state index contributed by atoms with van der Waals surface area (Å²) in [7, 11) is 0. The van der Waals surface area contributed by atoms with Crippen LogP contribution in [-0.4, -0.2) is 11.3 Å². The van der Waals surface area contributed by atoms with Crippen LogP contribution in [0.4, 0.5) is 0 Å². The Morgan fingerprint density at radius 3 is 2.18 bits per heavy atom. The minimum Gasteiger partial charge on any atom is -0.298 e. The summed E-state index contributed by atoms with van der Waals surface area (Å²) in [6, 6.07) is 6.76. The van der Waals surface area contributed by atoms with E-state index in [1.165, 1.54) is 0 Å². The van der Waals surface area contributed by atoms with Gasteiger partial charge in [0.25, 0.3) is 0 Å². The second kappa shape index (κ2) is 5.05. The number of rotatable bonds is 2. The van der Waals surface area contributed by atoms with Gasteiger partial charge in [0.1, 0.15) is 5.15 Å². The van der Waals surface area contributed by atoms with Crippen LogP contribution in [0.5, 0.6) is 0 Å². The van der Waals surface area contributed by atoms with Crippen LogP contribution in [0.25, 0.3) is 11.1 Å². The molecule has 0 radical (unpaired) electrons. The largest absolute Gasteiger partial charge is 0.298 e. The first-order valence-electron chi connectivity index (χ1n) is 4.67. The van der Waals surface area contributed by atoms with Crippen LogP contribution in [0.2, 0.25) is 15.2 Å². The van der Waals surface area contributed by atoms with E-state index in [0.717, 1.165) is 11.1 Å². The number of carbonyl (C=O) groups excluding carboxylic acids is 1. The number of carbonyl (C=O) groups is 1. The molecular formula is C12H6Cl3NO. The predicted molar refractivity (Wildman–Crippen MR) is 70.1 cm³/mol. The zero-order valence-corrected chi connectivity index (χ0v) is 10.7. The lowest BCUT2D eigenvalue weighted by atomic mass is 10.1. The second-order valence-corrected chi connectivity index (χ2v) is 4.61. The van der Waals surface area contributed by atoms with Crippen LogP contribution >= 0.6 is 34.8 Å². The number of aldehydes is 1. The molecule has 1 aromatic heterocycles. The molecule has 2 rings (SSSR count). The lowest BCUT2D eigenvalue weighted by molar-refractivity contribution is 0.112. The van der Waals surface area contributed by atoms with E-state index in [2.05, 4.69) is 4.98 Å². The van der Waals surface area contributed by atoms with Gasteiger partial charge < -0.3 is 0 Å². The molecule has 0 amide bonds. The van der Waals surface area contributed by atoms with Crippen molar-refractivity contribution < 1.29 is 4.79 Å². The van der Waals surface area contributed by atoms with Crippen molar-refractivity contribution in [3.63, 3.8) is 0 Å². The second-order valence-electron chi connectivity index (χ2n) is 3.38. The Morgan fingerprint density at radius 1 is 0.941 bits per heavy atom. The van der Waals surface area contributed by atoms with Crippen molar-refractivity contribution >= 4 is 41.1 Å². The number of halogens is 3. The van der Waals surface area contributed by atoms with Crippen LogP contribution in [0.15, 0.2) is 30.5 Å². The van der Waals surface area contributed by atoms with Crippen LogP contribution in [0, 0.1) is 0 Å². The summed E-state index contributed by atoms with van der Waals surface area (Å²) in [5.74, 6) is 0. The number of aromatic nitrogens is 1. The molecule has 0 aliphatic rings. The van der Waals surface area contributed by atoms with Gasteiger partial charge in [-0.25, -0.2) is 4.98 Å². The van der Waals surface area contributed by atoms with Gasteiger partial charge in [-0.3, -0.25) is 4.79 Å². The fourth-order valence-electron chi connectivity index (χ4n) is 1.43. The zero-order valence-electron chi connectivity index (χ0n) is 8.45. The van der Waals surface area contributed by atoms with Crippen molar-refractivity contribution in [2.45, 2.75) is 0 Å². The number of hydrogen-bond acceptors (Lipinski definition) is 2. The highest BCUT2D eigenvalue weighted by Crippen LogP contribution is 2.28. The molecule has 1 heterocycles. The predicted octanol–water partition coefficient (Wildman–Crippen LogP) is 4.52. The average molecular weight is 287 g/mol. The summed E-state index contributed by atoms with van der Waals surface area (Å²) in [4.78, 5) is 14.7. The fraction of sp³-hybridized carbons (Fsp3) is 0. The standard InChI is InChI=1S/C12H6Cl3NO/c13-10-2-7(3-11(14)4-10)8-1-9(6-17)12(15)16-5-8/h1-6H. The lowest BCUT2D eigenvalue weighted by Crippen LogP contribution is -1.88. The molecule has 0 aliphatic carbocycles. The van der Waals surface area contributed by atoms with Gasteiger partial charge in [0.05, 0.1) is 5.56 Å². The molecule has 1 aromatic carbocycles. The molecule has 86 valence electrons. The van der Waals surface area contributed by atoms with Gasteiger partial charge in [-0.05, 0) is 29.8 Å². The minimum atomic E-state index is 0.178. The maximum atomic E-state index is 10.8. The minimum absolute atomic E-state index is 0.178. The first kappa shape index (κ1) is 12.4. The third-order valence-electron chi connectivity index (χ3n) is 2.19. The number of hydrogen-bond donors (Lipinski definition) is 0. The van der Waals surface area contributed by atoms with E-state index >= 15 is 0 Å². The Bertz CT molecular complexity index is 564. The van der Waals surface area contributed by atoms with E-state index in [9.17, 15) is 4.79 Å². The molecule has 0 bridgehead atoms. The molecule has 2 aromatic rings. The fourth-order valence-corrected chi connectivity index (χ4v) is 2.10. The molecule has 0 unspecified atom stereocenters. The van der Waals surface area contributed by atoms with Crippen LogP contribution in [0.1, 0.15) is 10.4 Å². The summed E-state index contributed by atoms with van der Waals surface area (Å²) in [6.07, 6.45) is 2.22. The third kappa shape index (κ3) is 2.78. The quantitative estimate of drug-likeness (QED) is 0.600. The number of pyridine rings is 1. The Kier molecular flexibility index (Phi) is 3.67. The molecule has 0 saturated heterocycles. The summed E-state index contributed by atoms with van der Waals surface area (Å²) in [5, 5.41) is 1.22. The monoisotopic (exact) mass is 285 g/mol. The molecular weight excluding hydrogens is 280 g/mol. The third-order valence-corrected chi connectivity index (χ3v) is 2.94. The Labute approximate surface area is 113 Å². The smallest absolute Gasteiger partial charge is 0.153 e. The van der Waals surface area contributed by atoms with Gasteiger partial charge in [0.15, 0.2) is 6.29 Å². The maximum Gasteiger partial charge on any atom is 0.153 e. The van der Waals surface area contributed by atoms with Crippen molar-refractivity contribution in [1.82, 2.24) is 4.98 Å². The highest BCUT2D eigenvalue weighted by Gasteiger charge is 2.06. The average Bonchev–Trinajstić information content (AvgIpc) is 2.28. The van der Waals surface area contributed by atoms with Gasteiger partial charge in [-0.1, -0.05) is 34.8 Å². The van der Waals surface area contributed by atoms with Gasteiger partial charge in [0, 0.05) is 21.8 Å². The summed E-state index contributed by atoms with van der Waals surface area (Å²) in [6.45, 7) is 0. The van der Waals surface area contributed by atoms with Crippen molar-refractivity contribution in [3.8, 4) is 11.1 Å². The zero-order chi connectivity index (χ0) is 12.4. The molecule has 2 nitrogen and oxygen atoms in total. The summed E-state index contributed by atoms with van der Waals surface area (Å²) < 4.78 is 0. The van der Waals surface area contributed by atoms with Crippen LogP contribution in [0.3, 0.4) is 0 Å². The highest BCUT2D eigenvalue weighted by molar-refractivity contribution is 6.35. The first-order valence-corrected chi connectivity index (χ1v) is 5.81. The Balaban J connectivity index is 2.56. The Hall–Kier alpha value is -1.09. The van der Waals surface area contributed by atoms with E-state index < -0.39 is 0 Å². The van der Waals surface area contributed by atoms with Crippen molar-refractivity contribution in [3.05, 3.63) is 51.2 Å². The van der Waals surface area contributed by atoms with Crippen molar-refractivity contribution in [2.24, 2.45) is 0 Å². The van der Waals surface area contributed by atoms with E-state index in [-0.39, 0.29) is 5.15 Å². The van der Waals surface area contributed by atoms with Gasteiger partial charge in [-0.15, -0.1) is 0 Å². The van der Waals surface area contributed by atoms with Gasteiger partial charge in [0.2, 0.25) is 0 Å². The van der Waals surface area contributed by atoms with Crippen molar-refractivity contribution in [1.29, 1.82) is 0 Å². The molecule has 17 heavy (non-hydrogen) atoms. The summed E-state index contributed by atoms with van der Waals surface area (Å²) >= 11 is 17.6. The Morgan fingerprint density at radius 2 is 1.59 bits per heavy atom. The summed E-state index contributed by atoms with van der Waals surface area (Å²) in [5.41, 5.74) is 1.86. The van der Waals surface area contributed by atoms with Crippen LogP contribution < -0.4 is 0 Å². The highest BCUT2D eigenvalue weighted by atomic mass is 35.5. The molecule has 0 N–H and O–H groups in total. The van der Waals surface area contributed by atoms with Gasteiger partial charge in [-0.2, -0.15) is 0 Å². The number of nitrogens with zero attached hydrogens (tertiary/aromatic N) is 1. The SMILES string of the molecule is O=Cc1cc(-c2cc(Cl)cc(Cl)c2)cnc1Cl. The van der Waals surface area contributed by atoms with E-state index in [4.69, 9.17) is 34.8 Å². The maximum absolute atomic E-state index is 10.8. The van der Waals surface area contributed by atoms with Crippen LogP contribution in [-0.2, 0) is 0 Å². The van der Waals surface area contributed by atoms with Gasteiger partial charge >= 0.3 is 0 Å². The molecule has 0 fully saturated rings. The normalized spacial score (nSPS) is 10.3. The van der Waals surface area contributed by atoms with E-state index in [0.29, 0.717) is 21.9 Å². The molecule has 0 atom stereocenters. The molecule has 0 spiro atoms. The molecule has 0 aliphatic heterocycles. The first-order chi connectivity index (χ1) is 8.10. The lowest BCUT2D eigenvalue weighted by Gasteiger charge is -2.04. The number of benzene rings is 1. The topological polar surface area (TPSA) is 30.0 Å². The molecule has 0 saturated carbocycles.